The molecule has 0 spiro atoms. The van der Waals surface area contributed by atoms with Crippen LogP contribution in [0.3, 0.4) is 0 Å². The maximum atomic E-state index is 11.1. The highest BCUT2D eigenvalue weighted by Gasteiger charge is 2.41. The van der Waals surface area contributed by atoms with Crippen LogP contribution in [0.15, 0.2) is 24.3 Å². The van der Waals surface area contributed by atoms with Crippen molar-refractivity contribution in [2.45, 2.75) is 31.7 Å². The van der Waals surface area contributed by atoms with Gasteiger partial charge in [0.25, 0.3) is 0 Å². The number of anilines is 1. The molecule has 0 atom stereocenters. The maximum Gasteiger partial charge on any atom is 0.248 e. The summed E-state index contributed by atoms with van der Waals surface area (Å²) < 4.78 is 0. The van der Waals surface area contributed by atoms with E-state index in [2.05, 4.69) is 5.32 Å². The van der Waals surface area contributed by atoms with Crippen molar-refractivity contribution in [3.05, 3.63) is 29.8 Å². The zero-order chi connectivity index (χ0) is 11.8. The van der Waals surface area contributed by atoms with Gasteiger partial charge in [0.05, 0.1) is 0 Å². The lowest BCUT2D eigenvalue weighted by atomic mass is 10.1. The van der Waals surface area contributed by atoms with Gasteiger partial charge < -0.3 is 11.1 Å². The van der Waals surface area contributed by atoms with Crippen LogP contribution < -0.4 is 11.1 Å². The number of hydrogen-bond donors (Lipinski definition) is 2. The second kappa shape index (κ2) is 4.06. The molecule has 1 aromatic carbocycles. The maximum absolute atomic E-state index is 11.1. The second-order valence-electron chi connectivity index (χ2n) is 5.29. The van der Waals surface area contributed by atoms with Crippen molar-refractivity contribution in [1.82, 2.24) is 0 Å². The summed E-state index contributed by atoms with van der Waals surface area (Å²) in [5, 5.41) is 3.59. The van der Waals surface area contributed by atoms with Crippen molar-refractivity contribution in [3.63, 3.8) is 0 Å². The lowest BCUT2D eigenvalue weighted by molar-refractivity contribution is 0.100. The summed E-state index contributed by atoms with van der Waals surface area (Å²) in [7, 11) is 0. The zero-order valence-electron chi connectivity index (χ0n) is 9.86. The van der Waals surface area contributed by atoms with Crippen molar-refractivity contribution in [1.29, 1.82) is 0 Å². The minimum absolute atomic E-state index is 0.358. The molecule has 90 valence electrons. The van der Waals surface area contributed by atoms with Crippen LogP contribution in [0.5, 0.6) is 0 Å². The molecule has 0 aliphatic heterocycles. The van der Waals surface area contributed by atoms with Gasteiger partial charge in [-0.3, -0.25) is 4.79 Å². The van der Waals surface area contributed by atoms with Crippen LogP contribution in [0.1, 0.15) is 36.0 Å². The summed E-state index contributed by atoms with van der Waals surface area (Å²) in [5.74, 6) is 1.34. The monoisotopic (exact) mass is 230 g/mol. The second-order valence-corrected chi connectivity index (χ2v) is 5.29. The van der Waals surface area contributed by atoms with Crippen LogP contribution in [0.4, 0.5) is 5.69 Å². The first-order valence-corrected chi connectivity index (χ1v) is 6.40. The first-order valence-electron chi connectivity index (χ1n) is 6.40. The fraction of sp³-hybridized carbons (Fsp3) is 0.500. The third kappa shape index (κ3) is 2.43. The number of carbonyl (C=O) groups is 1. The van der Waals surface area contributed by atoms with Gasteiger partial charge in [-0.25, -0.2) is 0 Å². The van der Waals surface area contributed by atoms with E-state index < -0.39 is 0 Å². The van der Waals surface area contributed by atoms with E-state index in [1.165, 1.54) is 25.7 Å². The van der Waals surface area contributed by atoms with Crippen LogP contribution >= 0.6 is 0 Å². The summed E-state index contributed by atoms with van der Waals surface area (Å²) in [6, 6.07) is 8.14. The topological polar surface area (TPSA) is 55.1 Å². The average Bonchev–Trinajstić information content (AvgIpc) is 3.16. The van der Waals surface area contributed by atoms with E-state index in [0.29, 0.717) is 11.6 Å². The van der Waals surface area contributed by atoms with Gasteiger partial charge in [-0.15, -0.1) is 0 Å². The minimum Gasteiger partial charge on any atom is -0.382 e. The molecule has 2 saturated carbocycles. The lowest BCUT2D eigenvalue weighted by Crippen LogP contribution is -2.24. The Hall–Kier alpha value is -1.51. The lowest BCUT2D eigenvalue weighted by Gasteiger charge is -2.19. The van der Waals surface area contributed by atoms with Gasteiger partial charge in [0.15, 0.2) is 0 Å². The Morgan fingerprint density at radius 2 is 1.88 bits per heavy atom. The Bertz CT molecular complexity index is 424. The summed E-state index contributed by atoms with van der Waals surface area (Å²) in [6.45, 7) is 0. The molecule has 1 amide bonds. The van der Waals surface area contributed by atoms with Crippen LogP contribution in [0, 0.1) is 11.8 Å². The smallest absolute Gasteiger partial charge is 0.248 e. The van der Waals surface area contributed by atoms with Gasteiger partial charge in [-0.1, -0.05) is 6.07 Å². The number of amides is 1. The molecule has 0 unspecified atom stereocenters. The van der Waals surface area contributed by atoms with Crippen molar-refractivity contribution >= 4 is 11.6 Å². The Labute approximate surface area is 101 Å². The first-order chi connectivity index (χ1) is 8.24. The van der Waals surface area contributed by atoms with Crippen LogP contribution in [0.25, 0.3) is 0 Å². The third-order valence-electron chi connectivity index (χ3n) is 3.74. The summed E-state index contributed by atoms with van der Waals surface area (Å²) >= 11 is 0. The molecule has 0 radical (unpaired) electrons. The molecule has 17 heavy (non-hydrogen) atoms. The van der Waals surface area contributed by atoms with Gasteiger partial charge in [0.2, 0.25) is 5.91 Å². The van der Waals surface area contributed by atoms with Crippen LogP contribution in [0.2, 0.25) is 0 Å². The standard InChI is InChI=1S/C14H18N2O/c15-14(17)11-2-1-3-12(8-11)16-13(9-4-5-9)10-6-7-10/h1-3,8-10,13,16H,4-7H2,(H2,15,17). The van der Waals surface area contributed by atoms with E-state index in [1.54, 1.807) is 6.07 Å². The number of rotatable bonds is 5. The summed E-state index contributed by atoms with van der Waals surface area (Å²) in [5.41, 5.74) is 6.91. The molecule has 3 rings (SSSR count). The first kappa shape index (κ1) is 10.6. The van der Waals surface area contributed by atoms with E-state index in [-0.39, 0.29) is 5.91 Å². The number of hydrogen-bond acceptors (Lipinski definition) is 2. The summed E-state index contributed by atoms with van der Waals surface area (Å²) in [4.78, 5) is 11.1. The molecule has 2 fully saturated rings. The van der Waals surface area contributed by atoms with E-state index in [0.717, 1.165) is 17.5 Å². The molecule has 3 nitrogen and oxygen atoms in total. The average molecular weight is 230 g/mol. The Balaban J connectivity index is 1.74. The SMILES string of the molecule is NC(=O)c1cccc(NC(C2CC2)C2CC2)c1. The molecule has 1 aromatic rings. The van der Waals surface area contributed by atoms with E-state index in [1.807, 2.05) is 18.2 Å². The van der Waals surface area contributed by atoms with E-state index in [4.69, 9.17) is 5.73 Å². The quantitative estimate of drug-likeness (QED) is 0.816. The van der Waals surface area contributed by atoms with Gasteiger partial charge in [0, 0.05) is 17.3 Å². The van der Waals surface area contributed by atoms with Crippen LogP contribution in [-0.4, -0.2) is 11.9 Å². The van der Waals surface area contributed by atoms with Gasteiger partial charge in [0.1, 0.15) is 0 Å². The number of primary amides is 1. The third-order valence-corrected chi connectivity index (χ3v) is 3.74. The molecule has 3 heteroatoms. The van der Waals surface area contributed by atoms with Crippen molar-refractivity contribution in [2.75, 3.05) is 5.32 Å². The number of carbonyl (C=O) groups excluding carboxylic acids is 1. The van der Waals surface area contributed by atoms with E-state index >= 15 is 0 Å². The highest BCUT2D eigenvalue weighted by molar-refractivity contribution is 5.93. The van der Waals surface area contributed by atoms with Gasteiger partial charge >= 0.3 is 0 Å². The van der Waals surface area contributed by atoms with Crippen molar-refractivity contribution < 1.29 is 4.79 Å². The Morgan fingerprint density at radius 3 is 2.41 bits per heavy atom. The molecular formula is C14H18N2O. The molecule has 2 aliphatic rings. The highest BCUT2D eigenvalue weighted by Crippen LogP contribution is 2.45. The zero-order valence-corrected chi connectivity index (χ0v) is 9.86. The number of benzene rings is 1. The Kier molecular flexibility index (Phi) is 2.54. The predicted octanol–water partition coefficient (Wildman–Crippen LogP) is 2.39. The molecule has 2 aliphatic carbocycles. The minimum atomic E-state index is -0.358. The highest BCUT2D eigenvalue weighted by atomic mass is 16.1. The fourth-order valence-corrected chi connectivity index (χ4v) is 2.49. The molecule has 0 bridgehead atoms. The molecule has 0 aromatic heterocycles. The largest absolute Gasteiger partial charge is 0.382 e. The van der Waals surface area contributed by atoms with Gasteiger partial charge in [-0.05, 0) is 55.7 Å². The molecule has 3 N–H and O–H groups in total. The normalized spacial score (nSPS) is 19.4. The van der Waals surface area contributed by atoms with Crippen molar-refractivity contribution in [2.24, 2.45) is 17.6 Å². The number of nitrogens with one attached hydrogen (secondary N) is 1. The number of nitrogens with two attached hydrogens (primary N) is 1. The van der Waals surface area contributed by atoms with Gasteiger partial charge in [-0.2, -0.15) is 0 Å². The molecular weight excluding hydrogens is 212 g/mol. The molecule has 0 saturated heterocycles. The Morgan fingerprint density at radius 1 is 1.24 bits per heavy atom. The predicted molar refractivity (Wildman–Crippen MR) is 67.8 cm³/mol. The molecule has 0 heterocycles. The van der Waals surface area contributed by atoms with Crippen LogP contribution in [-0.2, 0) is 0 Å². The fourth-order valence-electron chi connectivity index (χ4n) is 2.49. The van der Waals surface area contributed by atoms with E-state index in [9.17, 15) is 4.79 Å². The summed E-state index contributed by atoms with van der Waals surface area (Å²) in [6.07, 6.45) is 5.40. The van der Waals surface area contributed by atoms with Crippen molar-refractivity contribution in [3.8, 4) is 0 Å².